The maximum absolute atomic E-state index is 13.8. The normalized spacial score (nSPS) is 16.7. The van der Waals surface area contributed by atoms with Crippen molar-refractivity contribution in [3.05, 3.63) is 71.3 Å². The molecule has 3 aliphatic heterocycles. The number of fused-ring (bicyclic) bond motifs is 3. The molecule has 0 bridgehead atoms. The number of piperidine rings is 1. The van der Waals surface area contributed by atoms with Gasteiger partial charge in [-0.3, -0.25) is 9.69 Å². The largest absolute Gasteiger partial charge is 0.490 e. The Morgan fingerprint density at radius 3 is 2.54 bits per heavy atom. The first-order chi connectivity index (χ1) is 22.9. The van der Waals surface area contributed by atoms with Crippen LogP contribution in [0, 0.1) is 0 Å². The lowest BCUT2D eigenvalue weighted by atomic mass is 9.99. The number of amides is 1. The van der Waals surface area contributed by atoms with E-state index in [2.05, 4.69) is 16.3 Å². The number of carbonyl (C=O) groups excluding carboxylic acids is 2. The number of nitrogens with one attached hydrogen (secondary N) is 1. The molecule has 0 atom stereocenters. The fourth-order valence-electron chi connectivity index (χ4n) is 6.71. The molecule has 0 spiro atoms. The van der Waals surface area contributed by atoms with Crippen molar-refractivity contribution in [2.24, 2.45) is 0 Å². The van der Waals surface area contributed by atoms with Crippen molar-refractivity contribution < 1.29 is 31.7 Å². The van der Waals surface area contributed by atoms with Crippen molar-refractivity contribution >= 4 is 38.7 Å². The van der Waals surface area contributed by atoms with Gasteiger partial charge >= 0.3 is 16.2 Å². The Balaban J connectivity index is 1.29. The molecule has 252 valence electrons. The number of likely N-dealkylation sites (tertiary alicyclic amines) is 1. The molecule has 11 nitrogen and oxygen atoms in total. The summed E-state index contributed by atoms with van der Waals surface area (Å²) in [5.74, 6) is 0.103. The molecule has 12 heteroatoms. The van der Waals surface area contributed by atoms with Crippen molar-refractivity contribution in [1.82, 2.24) is 14.8 Å². The third kappa shape index (κ3) is 6.10. The molecule has 1 fully saturated rings. The highest BCUT2D eigenvalue weighted by Gasteiger charge is 2.33. The molecule has 48 heavy (non-hydrogen) atoms. The van der Waals surface area contributed by atoms with Gasteiger partial charge in [-0.2, -0.15) is 8.42 Å². The lowest BCUT2D eigenvalue weighted by Gasteiger charge is -2.27. The number of hydrogen-bond donors (Lipinski definition) is 1. The van der Waals surface area contributed by atoms with Crippen molar-refractivity contribution in [1.29, 1.82) is 0 Å². The smallest absolute Gasteiger partial charge is 0.419 e. The summed E-state index contributed by atoms with van der Waals surface area (Å²) in [5, 5.41) is 3.65. The van der Waals surface area contributed by atoms with Gasteiger partial charge in [0.2, 0.25) is 0 Å². The molecule has 0 aliphatic carbocycles. The first kappa shape index (κ1) is 32.0. The second kappa shape index (κ2) is 12.2. The van der Waals surface area contributed by atoms with Crippen LogP contribution in [0.25, 0.3) is 22.2 Å². The molecule has 1 aromatic heterocycles. The summed E-state index contributed by atoms with van der Waals surface area (Å²) in [7, 11) is -2.37. The molecule has 4 aromatic rings. The van der Waals surface area contributed by atoms with E-state index in [9.17, 15) is 18.0 Å². The van der Waals surface area contributed by atoms with Crippen molar-refractivity contribution in [2.75, 3.05) is 38.2 Å². The first-order valence-electron chi connectivity index (χ1n) is 16.3. The Labute approximate surface area is 280 Å². The van der Waals surface area contributed by atoms with E-state index in [0.29, 0.717) is 41.2 Å². The van der Waals surface area contributed by atoms with E-state index >= 15 is 0 Å². The van der Waals surface area contributed by atoms with Gasteiger partial charge in [0.05, 0.1) is 29.0 Å². The summed E-state index contributed by atoms with van der Waals surface area (Å²) in [6.07, 6.45) is 3.06. The van der Waals surface area contributed by atoms with Gasteiger partial charge < -0.3 is 23.9 Å². The summed E-state index contributed by atoms with van der Waals surface area (Å²) in [5.41, 5.74) is 3.38. The van der Waals surface area contributed by atoms with Crippen LogP contribution in [0.3, 0.4) is 0 Å². The molecule has 4 heterocycles. The third-order valence-electron chi connectivity index (χ3n) is 9.01. The summed E-state index contributed by atoms with van der Waals surface area (Å²) in [6, 6.07) is 15.7. The number of likely N-dealkylation sites (N-methyl/N-ethyl adjacent to an activating group) is 1. The minimum absolute atomic E-state index is 0.0339. The van der Waals surface area contributed by atoms with Crippen LogP contribution in [0.2, 0.25) is 0 Å². The minimum atomic E-state index is -4.28. The van der Waals surface area contributed by atoms with Gasteiger partial charge in [-0.1, -0.05) is 12.5 Å². The zero-order chi connectivity index (χ0) is 33.8. The second-order valence-corrected chi connectivity index (χ2v) is 15.2. The summed E-state index contributed by atoms with van der Waals surface area (Å²) in [4.78, 5) is 31.5. The Kier molecular flexibility index (Phi) is 8.11. The molecule has 1 saturated heterocycles. The van der Waals surface area contributed by atoms with Crippen LogP contribution in [-0.4, -0.2) is 68.8 Å². The quantitative estimate of drug-likeness (QED) is 0.249. The maximum Gasteiger partial charge on any atom is 0.419 e. The number of ether oxygens (including phenoxy) is 2. The number of benzene rings is 3. The van der Waals surface area contributed by atoms with E-state index in [1.165, 1.54) is 42.0 Å². The average Bonchev–Trinajstić information content (AvgIpc) is 3.62. The molecule has 0 radical (unpaired) electrons. The molecule has 3 aromatic carbocycles. The second-order valence-electron chi connectivity index (χ2n) is 13.7. The summed E-state index contributed by atoms with van der Waals surface area (Å²) < 4.78 is 45.7. The lowest BCUT2D eigenvalue weighted by Crippen LogP contribution is -2.29. The third-order valence-corrected chi connectivity index (χ3v) is 10.2. The van der Waals surface area contributed by atoms with E-state index in [1.807, 2.05) is 30.1 Å². The predicted molar refractivity (Wildman–Crippen MR) is 182 cm³/mol. The molecular formula is C36H40N4O7S. The standard InChI is InChI=1S/C36H40N4O7S/c1-36(2,3)46-35(42)40-28-11-8-23(22-39-14-6-5-7-15-39)18-24(28)19-30(40)26-10-13-31(27-21-37-34(41)33(26)27)47-48(43,44)25-9-12-29-32(20-25)45-17-16-38(29)4/h8-13,18-20H,5-7,14-17,21-22H2,1-4H3,(H,37,41). The van der Waals surface area contributed by atoms with Gasteiger partial charge in [-0.05, 0) is 94.7 Å². The molecule has 1 N–H and O–H groups in total. The van der Waals surface area contributed by atoms with Crippen molar-refractivity contribution in [2.45, 2.75) is 63.6 Å². The number of hydrogen-bond acceptors (Lipinski definition) is 9. The Hall–Kier alpha value is -4.55. The zero-order valence-electron chi connectivity index (χ0n) is 27.7. The zero-order valence-corrected chi connectivity index (χ0v) is 28.5. The number of rotatable bonds is 6. The Morgan fingerprint density at radius 1 is 0.979 bits per heavy atom. The number of aromatic nitrogens is 1. The minimum Gasteiger partial charge on any atom is -0.490 e. The van der Waals surface area contributed by atoms with Gasteiger partial charge in [0, 0.05) is 42.7 Å². The molecular weight excluding hydrogens is 632 g/mol. The lowest BCUT2D eigenvalue weighted by molar-refractivity contribution is 0.0546. The Morgan fingerprint density at radius 2 is 1.77 bits per heavy atom. The predicted octanol–water partition coefficient (Wildman–Crippen LogP) is 5.92. The van der Waals surface area contributed by atoms with Crippen LogP contribution < -0.4 is 19.1 Å². The van der Waals surface area contributed by atoms with Gasteiger partial charge in [-0.15, -0.1) is 0 Å². The van der Waals surface area contributed by atoms with Gasteiger partial charge in [-0.25, -0.2) is 9.36 Å². The van der Waals surface area contributed by atoms with E-state index < -0.39 is 21.8 Å². The molecule has 0 unspecified atom stereocenters. The van der Waals surface area contributed by atoms with E-state index in [1.54, 1.807) is 32.9 Å². The fraction of sp³-hybridized carbons (Fsp3) is 0.389. The highest BCUT2D eigenvalue weighted by atomic mass is 32.2. The van der Waals surface area contributed by atoms with Crippen LogP contribution in [0.4, 0.5) is 10.5 Å². The van der Waals surface area contributed by atoms with Gasteiger partial charge in [0.25, 0.3) is 5.91 Å². The fourth-order valence-corrected chi connectivity index (χ4v) is 7.69. The summed E-state index contributed by atoms with van der Waals surface area (Å²) in [6.45, 7) is 9.55. The topological polar surface area (TPSA) is 119 Å². The summed E-state index contributed by atoms with van der Waals surface area (Å²) >= 11 is 0. The van der Waals surface area contributed by atoms with Gasteiger partial charge in [0.1, 0.15) is 28.6 Å². The van der Waals surface area contributed by atoms with Crippen LogP contribution in [0.5, 0.6) is 11.5 Å². The Bertz CT molecular complexity index is 2040. The molecule has 7 rings (SSSR count). The van der Waals surface area contributed by atoms with Crippen LogP contribution in [0.15, 0.2) is 59.5 Å². The van der Waals surface area contributed by atoms with Crippen LogP contribution in [-0.2, 0) is 27.9 Å². The van der Waals surface area contributed by atoms with E-state index in [4.69, 9.17) is 13.7 Å². The van der Waals surface area contributed by atoms with E-state index in [0.717, 1.165) is 36.3 Å². The molecule has 3 aliphatic rings. The van der Waals surface area contributed by atoms with Gasteiger partial charge in [0.15, 0.2) is 0 Å². The number of carbonyl (C=O) groups is 2. The number of anilines is 1. The number of nitrogens with zero attached hydrogens (tertiary/aromatic N) is 3. The first-order valence-corrected chi connectivity index (χ1v) is 17.8. The molecule has 0 saturated carbocycles. The highest BCUT2D eigenvalue weighted by molar-refractivity contribution is 7.87. The highest BCUT2D eigenvalue weighted by Crippen LogP contribution is 2.40. The van der Waals surface area contributed by atoms with Crippen LogP contribution >= 0.6 is 0 Å². The SMILES string of the molecule is CN1CCOc2cc(S(=O)(=O)Oc3ccc(-c4cc5cc(CN6CCCCC6)ccc5n4C(=O)OC(C)(C)C)c4c3CNC4=O)ccc21. The maximum atomic E-state index is 13.8. The van der Waals surface area contributed by atoms with Crippen molar-refractivity contribution in [3.63, 3.8) is 0 Å². The average molecular weight is 673 g/mol. The van der Waals surface area contributed by atoms with Crippen molar-refractivity contribution in [3.8, 4) is 22.8 Å². The van der Waals surface area contributed by atoms with E-state index in [-0.39, 0.29) is 28.7 Å². The molecule has 1 amide bonds. The monoisotopic (exact) mass is 672 g/mol. The van der Waals surface area contributed by atoms with Crippen LogP contribution in [0.1, 0.15) is 61.5 Å².